The van der Waals surface area contributed by atoms with Crippen LogP contribution in [0.2, 0.25) is 0 Å². The van der Waals surface area contributed by atoms with Crippen LogP contribution in [0.5, 0.6) is 0 Å². The van der Waals surface area contributed by atoms with Crippen molar-refractivity contribution in [3.05, 3.63) is 188 Å². The van der Waals surface area contributed by atoms with E-state index in [-0.39, 0.29) is 43.0 Å². The minimum absolute atomic E-state index is 0. The average Bonchev–Trinajstić information content (AvgIpc) is 2.22. The van der Waals surface area contributed by atoms with Crippen LogP contribution < -0.4 is 37.7 Å². The van der Waals surface area contributed by atoms with Gasteiger partial charge in [-0.1, -0.05) is 287 Å². The fourth-order valence-corrected chi connectivity index (χ4v) is 11.8. The zero-order chi connectivity index (χ0) is 73.0. The topological polar surface area (TPSA) is 71.4 Å². The largest absolute Gasteiger partial charge is 1.00 e. The van der Waals surface area contributed by atoms with Crippen LogP contribution in [0.1, 0.15) is 328 Å². The van der Waals surface area contributed by atoms with Crippen LogP contribution in [0.15, 0.2) is 173 Å². The van der Waals surface area contributed by atoms with Crippen molar-refractivity contribution in [2.45, 2.75) is 329 Å². The number of hydrogen-bond donors (Lipinski definition) is 1. The Labute approximate surface area is 687 Å². The molecule has 566 valence electrons. The van der Waals surface area contributed by atoms with Gasteiger partial charge >= 0.3 is 43.7 Å². The number of aryl methyl sites for hydroxylation is 1. The van der Waals surface area contributed by atoms with Crippen LogP contribution in [-0.2, 0) is 25.2 Å². The van der Waals surface area contributed by atoms with Crippen molar-refractivity contribution in [1.82, 2.24) is 0 Å². The number of carbonyl (C=O) groups excluding carboxylic acids is 1. The normalized spacial score (nSPS) is 10.9. The van der Waals surface area contributed by atoms with Crippen LogP contribution in [0, 0.1) is 10.8 Å². The van der Waals surface area contributed by atoms with Crippen LogP contribution in [-0.4, -0.2) is 25.9 Å². The van der Waals surface area contributed by atoms with Gasteiger partial charge in [0, 0.05) is 44.4 Å². The summed E-state index contributed by atoms with van der Waals surface area (Å²) in [6.07, 6.45) is 94.3. The standard InChI is InChI=1S/C21H34S.C18H31ClO.C18H32O2.C17H31Br.C4H4S.2C4H3S.Cl2OS.2Li/c1-2-3-4-5-6-7-8-9-10-11-12-13-14-15-16-18-21-19-17-20-22-21;2*1-2-3-4-5-6-7-8-9-10-11-12-13-14-15-16-17-18(19)20;1-2-3-4-5-6-7-8-9-10-11-12-13-14-15-16-17-18;3*1-2-4-5-3-1;1-4(2)3;;/h6-7,9-10,17,19-20H,2-5,8,11-16,18H2,1H3;6-7,9-10H,2-5,8,11-17H2,1H3;6-7,9-10H,2-5,8,11-17H2,1H3,(H,19,20);6-7,9-10H,2-5,8,11-17H2,1H3;1-4H;2*1-3H;;;/q;;;;;2*-1;;2*+1/b4*7-6-,10-9-;;;;;;. The summed E-state index contributed by atoms with van der Waals surface area (Å²) in [5.41, 5.74) is 0. The number of rotatable bonds is 55. The first kappa shape index (κ1) is 110. The monoisotopic (exact) mass is 1590 g/mol. The van der Waals surface area contributed by atoms with E-state index in [4.69, 9.17) is 20.9 Å². The number of allylic oxidation sites excluding steroid dienone is 16. The quantitative estimate of drug-likeness (QED) is 0.0119. The molecule has 15 heteroatoms. The summed E-state index contributed by atoms with van der Waals surface area (Å²) in [5, 5.41) is 25.5. The third-order valence-corrected chi connectivity index (χ3v) is 18.3. The molecule has 4 aromatic heterocycles. The molecule has 0 fully saturated rings. The molecule has 4 heterocycles. The van der Waals surface area contributed by atoms with E-state index in [1.165, 1.54) is 231 Å². The third-order valence-electron chi connectivity index (χ3n) is 14.9. The molecule has 0 aliphatic rings. The Bertz CT molecular complexity index is 2150. The molecule has 0 spiro atoms. The van der Waals surface area contributed by atoms with E-state index >= 15 is 0 Å². The third kappa shape index (κ3) is 123. The minimum atomic E-state index is -1.67. The molecule has 1 N–H and O–H groups in total. The summed E-state index contributed by atoms with van der Waals surface area (Å²) < 4.78 is 9.09. The fourth-order valence-electron chi connectivity index (χ4n) is 9.25. The predicted octanol–water partition coefficient (Wildman–Crippen LogP) is 26.9. The maximum absolute atomic E-state index is 10.5. The van der Waals surface area contributed by atoms with Crippen molar-refractivity contribution in [1.29, 1.82) is 0 Å². The molecule has 0 amide bonds. The first-order valence-corrected chi connectivity index (χ1v) is 46.2. The van der Waals surface area contributed by atoms with Crippen LogP contribution in [0.4, 0.5) is 0 Å². The van der Waals surface area contributed by atoms with Crippen LogP contribution in [0.3, 0.4) is 0 Å². The van der Waals surface area contributed by atoms with Crippen molar-refractivity contribution >= 4 is 115 Å². The number of thiophene rings is 4. The molecule has 4 rings (SSSR count). The molecule has 0 aliphatic carbocycles. The maximum atomic E-state index is 10.5. The van der Waals surface area contributed by atoms with Crippen molar-refractivity contribution in [2.24, 2.45) is 0 Å². The summed E-state index contributed by atoms with van der Waals surface area (Å²) in [7, 11) is 7.36. The van der Waals surface area contributed by atoms with E-state index < -0.39 is 15.2 Å². The Hall–Kier alpha value is -1.45. The Morgan fingerprint density at radius 1 is 0.406 bits per heavy atom. The summed E-state index contributed by atoms with van der Waals surface area (Å²) in [5.74, 6) is -0.671. The van der Waals surface area contributed by atoms with Crippen molar-refractivity contribution in [3.8, 4) is 0 Å². The maximum Gasteiger partial charge on any atom is 1.00 e. The zero-order valence-electron chi connectivity index (χ0n) is 64.4. The Morgan fingerprint density at radius 2 is 0.703 bits per heavy atom. The molecule has 101 heavy (non-hydrogen) atoms. The second-order valence-electron chi connectivity index (χ2n) is 24.1. The number of hydrogen-bond acceptors (Lipinski definition) is 7. The number of halogens is 4. The molecule has 4 nitrogen and oxygen atoms in total. The van der Waals surface area contributed by atoms with Gasteiger partial charge in [-0.25, -0.2) is 16.3 Å². The van der Waals surface area contributed by atoms with E-state index in [9.17, 15) is 9.59 Å². The molecule has 0 aromatic carbocycles. The van der Waals surface area contributed by atoms with Gasteiger partial charge in [-0.2, -0.15) is 34.2 Å². The molecule has 0 atom stereocenters. The van der Waals surface area contributed by atoms with E-state index in [1.54, 1.807) is 38.9 Å². The van der Waals surface area contributed by atoms with Crippen molar-refractivity contribution < 1.29 is 56.6 Å². The summed E-state index contributed by atoms with van der Waals surface area (Å²) in [6.45, 7) is 8.99. The number of carbonyl (C=O) groups is 2. The van der Waals surface area contributed by atoms with Gasteiger partial charge in [-0.15, -0.1) is 22.1 Å². The van der Waals surface area contributed by atoms with E-state index in [2.05, 4.69) is 190 Å². The second-order valence-corrected chi connectivity index (χ2v) is 31.2. The number of aliphatic carboxylic acids is 1. The number of carboxylic acid groups (broad SMARTS) is 1. The average molecular weight is 1600 g/mol. The summed E-state index contributed by atoms with van der Waals surface area (Å²) >= 11 is 15.5. The first-order valence-electron chi connectivity index (χ1n) is 38.3. The predicted molar refractivity (Wildman–Crippen MR) is 459 cm³/mol. The number of unbranched alkanes of at least 4 members (excludes halogenated alkanes) is 32. The van der Waals surface area contributed by atoms with Crippen LogP contribution in [0.25, 0.3) is 0 Å². The van der Waals surface area contributed by atoms with Gasteiger partial charge in [0.2, 0.25) is 14.5 Å². The van der Waals surface area contributed by atoms with E-state index in [1.807, 2.05) is 69.3 Å². The van der Waals surface area contributed by atoms with Gasteiger partial charge in [0.15, 0.2) is 0 Å². The molecule has 0 saturated carbocycles. The van der Waals surface area contributed by atoms with E-state index in [0.29, 0.717) is 12.8 Å². The van der Waals surface area contributed by atoms with E-state index in [0.717, 1.165) is 63.1 Å². The van der Waals surface area contributed by atoms with Gasteiger partial charge in [-0.05, 0) is 194 Å². The molecule has 0 radical (unpaired) electrons. The second kappa shape index (κ2) is 107. The van der Waals surface area contributed by atoms with Gasteiger partial charge in [-0.3, -0.25) is 9.59 Å². The first-order chi connectivity index (χ1) is 48.6. The van der Waals surface area contributed by atoms with Gasteiger partial charge < -0.3 is 27.8 Å². The molecular formula is C86H138BrCl3Li2O4S5. The van der Waals surface area contributed by atoms with Gasteiger partial charge in [0.05, 0.1) is 0 Å². The van der Waals surface area contributed by atoms with Crippen molar-refractivity contribution in [3.63, 3.8) is 0 Å². The number of alkyl halides is 1. The molecule has 0 saturated heterocycles. The van der Waals surface area contributed by atoms with Gasteiger partial charge in [0.25, 0.3) is 0 Å². The molecular weight excluding hydrogens is 1460 g/mol. The molecule has 0 bridgehead atoms. The molecule has 0 aliphatic heterocycles. The molecule has 4 aromatic rings. The smallest absolute Gasteiger partial charge is 0.481 e. The zero-order valence-corrected chi connectivity index (χ0v) is 72.3. The SMILES string of the molecule is CCCCC/C=C\C/C=C\CCCCCCCBr.CCCCC/C=C\C/C=C\CCCCCCCC(=O)Cl.CCCCC/C=C\C/C=C\CCCCCCCC(=O)O.CCCCC/C=C\C/C=C\CCCCCCCc1cccs1.O=S(Cl)Cl.[Li+].[Li+].[c-]1cccs1.[c-]1cccs1.c1ccsc1. The summed E-state index contributed by atoms with van der Waals surface area (Å²) in [6, 6.07) is 16.2. The Kier molecular flexibility index (Phi) is 117. The van der Waals surface area contributed by atoms with Gasteiger partial charge in [0.1, 0.15) is 0 Å². The summed E-state index contributed by atoms with van der Waals surface area (Å²) in [4.78, 5) is 22.4. The number of carboxylic acids is 1. The fraction of sp³-hybridized carbons (Fsp3) is 0.605. The van der Waals surface area contributed by atoms with Crippen LogP contribution >= 0.6 is 94.2 Å². The van der Waals surface area contributed by atoms with Crippen molar-refractivity contribution in [2.75, 3.05) is 5.33 Å². The Balaban J connectivity index is -0.000000271. The minimum Gasteiger partial charge on any atom is -0.481 e. The Morgan fingerprint density at radius 3 is 0.941 bits per heavy atom. The molecule has 0 unspecified atom stereocenters.